The molecule has 0 aliphatic heterocycles. The molecule has 0 bridgehead atoms. The van der Waals surface area contributed by atoms with Crippen molar-refractivity contribution in [2.24, 2.45) is 5.73 Å². The van der Waals surface area contributed by atoms with E-state index < -0.39 is 0 Å². The lowest BCUT2D eigenvalue weighted by Gasteiger charge is -2.15. The molecule has 0 saturated carbocycles. The predicted molar refractivity (Wildman–Crippen MR) is 74.2 cm³/mol. The highest BCUT2D eigenvalue weighted by atomic mass is 19.1. The Morgan fingerprint density at radius 3 is 2.74 bits per heavy atom. The molecular weight excluding hydrogens is 239 g/mol. The summed E-state index contributed by atoms with van der Waals surface area (Å²) >= 11 is 0. The Labute approximate surface area is 110 Å². The lowest BCUT2D eigenvalue weighted by atomic mass is 9.95. The third-order valence-corrected chi connectivity index (χ3v) is 3.26. The van der Waals surface area contributed by atoms with Gasteiger partial charge in [0.05, 0.1) is 6.04 Å². The largest absolute Gasteiger partial charge is 0.320 e. The normalized spacial score (nSPS) is 12.5. The van der Waals surface area contributed by atoms with Crippen molar-refractivity contribution in [3.63, 3.8) is 0 Å². The molecule has 0 aliphatic carbocycles. The highest BCUT2D eigenvalue weighted by Gasteiger charge is 2.12. The summed E-state index contributed by atoms with van der Waals surface area (Å²) in [5, 5.41) is 2.08. The monoisotopic (exact) mass is 252 g/mol. The standard InChI is InChI=1S/C16H13FN2/c17-13-5-1-4-12(9-13)16(18)14-6-2-3-11-7-8-19-10-15(11)14/h1-10,16H,18H2. The molecule has 0 amide bonds. The minimum Gasteiger partial charge on any atom is -0.320 e. The van der Waals surface area contributed by atoms with Gasteiger partial charge in [0.15, 0.2) is 0 Å². The van der Waals surface area contributed by atoms with E-state index in [2.05, 4.69) is 4.98 Å². The number of rotatable bonds is 2. The maximum absolute atomic E-state index is 13.3. The zero-order chi connectivity index (χ0) is 13.2. The Balaban J connectivity index is 2.14. The van der Waals surface area contributed by atoms with Crippen LogP contribution in [0.3, 0.4) is 0 Å². The Morgan fingerprint density at radius 1 is 1.05 bits per heavy atom. The molecule has 0 aliphatic rings. The van der Waals surface area contributed by atoms with Gasteiger partial charge in [-0.05, 0) is 34.7 Å². The molecule has 19 heavy (non-hydrogen) atoms. The molecule has 0 radical (unpaired) electrons. The van der Waals surface area contributed by atoms with E-state index in [1.54, 1.807) is 18.5 Å². The molecule has 3 aromatic rings. The van der Waals surface area contributed by atoms with Gasteiger partial charge in [-0.3, -0.25) is 4.98 Å². The van der Waals surface area contributed by atoms with E-state index in [1.807, 2.05) is 30.3 Å². The molecule has 1 aromatic heterocycles. The van der Waals surface area contributed by atoms with E-state index in [-0.39, 0.29) is 11.9 Å². The van der Waals surface area contributed by atoms with Crippen LogP contribution >= 0.6 is 0 Å². The number of hydrogen-bond donors (Lipinski definition) is 1. The summed E-state index contributed by atoms with van der Waals surface area (Å²) in [4.78, 5) is 4.14. The van der Waals surface area contributed by atoms with Crippen molar-refractivity contribution in [3.8, 4) is 0 Å². The minimum absolute atomic E-state index is 0.272. The van der Waals surface area contributed by atoms with Crippen LogP contribution < -0.4 is 5.73 Å². The number of benzene rings is 2. The second-order valence-electron chi connectivity index (χ2n) is 4.48. The zero-order valence-corrected chi connectivity index (χ0v) is 10.3. The summed E-state index contributed by atoms with van der Waals surface area (Å²) in [5.41, 5.74) is 7.97. The summed E-state index contributed by atoms with van der Waals surface area (Å²) in [6, 6.07) is 13.9. The van der Waals surface area contributed by atoms with Crippen LogP contribution in [0.4, 0.5) is 4.39 Å². The number of aromatic nitrogens is 1. The number of hydrogen-bond acceptors (Lipinski definition) is 2. The van der Waals surface area contributed by atoms with Crippen molar-refractivity contribution in [2.75, 3.05) is 0 Å². The van der Waals surface area contributed by atoms with E-state index in [0.29, 0.717) is 0 Å². The van der Waals surface area contributed by atoms with E-state index >= 15 is 0 Å². The van der Waals surface area contributed by atoms with Crippen LogP contribution in [-0.2, 0) is 0 Å². The second kappa shape index (κ2) is 4.78. The van der Waals surface area contributed by atoms with E-state index in [1.165, 1.54) is 12.1 Å². The van der Waals surface area contributed by atoms with Gasteiger partial charge in [0.25, 0.3) is 0 Å². The van der Waals surface area contributed by atoms with Crippen LogP contribution in [0.25, 0.3) is 10.8 Å². The van der Waals surface area contributed by atoms with Crippen LogP contribution in [0.1, 0.15) is 17.2 Å². The molecule has 0 spiro atoms. The molecule has 0 fully saturated rings. The Bertz CT molecular complexity index is 719. The van der Waals surface area contributed by atoms with Crippen molar-refractivity contribution in [1.82, 2.24) is 4.98 Å². The maximum atomic E-state index is 13.3. The van der Waals surface area contributed by atoms with Crippen molar-refractivity contribution < 1.29 is 4.39 Å². The quantitative estimate of drug-likeness (QED) is 0.759. The summed E-state index contributed by atoms with van der Waals surface area (Å²) in [6.45, 7) is 0. The summed E-state index contributed by atoms with van der Waals surface area (Å²) in [7, 11) is 0. The molecule has 1 atom stereocenters. The van der Waals surface area contributed by atoms with Crippen molar-refractivity contribution in [1.29, 1.82) is 0 Å². The molecule has 94 valence electrons. The van der Waals surface area contributed by atoms with E-state index in [4.69, 9.17) is 5.73 Å². The molecule has 0 saturated heterocycles. The number of nitrogens with two attached hydrogens (primary N) is 1. The summed E-state index contributed by atoms with van der Waals surface area (Å²) < 4.78 is 13.3. The van der Waals surface area contributed by atoms with Crippen LogP contribution in [0.2, 0.25) is 0 Å². The van der Waals surface area contributed by atoms with Gasteiger partial charge in [0, 0.05) is 17.8 Å². The topological polar surface area (TPSA) is 38.9 Å². The number of nitrogens with zero attached hydrogens (tertiary/aromatic N) is 1. The third-order valence-electron chi connectivity index (χ3n) is 3.26. The van der Waals surface area contributed by atoms with Crippen molar-refractivity contribution >= 4 is 10.8 Å². The highest BCUT2D eigenvalue weighted by Crippen LogP contribution is 2.26. The molecule has 1 heterocycles. The minimum atomic E-state index is -0.358. The van der Waals surface area contributed by atoms with Gasteiger partial charge in [-0.1, -0.05) is 30.3 Å². The smallest absolute Gasteiger partial charge is 0.123 e. The fourth-order valence-corrected chi connectivity index (χ4v) is 2.29. The van der Waals surface area contributed by atoms with Crippen LogP contribution in [-0.4, -0.2) is 4.98 Å². The molecular formula is C16H13FN2. The summed E-state index contributed by atoms with van der Waals surface area (Å²) in [6.07, 6.45) is 3.55. The lowest BCUT2D eigenvalue weighted by molar-refractivity contribution is 0.623. The Kier molecular flexibility index (Phi) is 2.97. The first kappa shape index (κ1) is 11.8. The third kappa shape index (κ3) is 2.20. The Morgan fingerprint density at radius 2 is 1.89 bits per heavy atom. The molecule has 2 aromatic carbocycles. The van der Waals surface area contributed by atoms with Gasteiger partial charge < -0.3 is 5.73 Å². The summed E-state index contributed by atoms with van der Waals surface area (Å²) in [5.74, 6) is -0.272. The first-order valence-corrected chi connectivity index (χ1v) is 6.09. The van der Waals surface area contributed by atoms with Gasteiger partial charge in [0.1, 0.15) is 5.82 Å². The predicted octanol–water partition coefficient (Wildman–Crippen LogP) is 3.42. The number of pyridine rings is 1. The van der Waals surface area contributed by atoms with Gasteiger partial charge in [0.2, 0.25) is 0 Å². The molecule has 3 heteroatoms. The molecule has 2 N–H and O–H groups in total. The van der Waals surface area contributed by atoms with Crippen molar-refractivity contribution in [2.45, 2.75) is 6.04 Å². The first-order valence-electron chi connectivity index (χ1n) is 6.09. The molecule has 3 rings (SSSR count). The first-order chi connectivity index (χ1) is 9.25. The average Bonchev–Trinajstić information content (AvgIpc) is 2.46. The van der Waals surface area contributed by atoms with Crippen LogP contribution in [0.15, 0.2) is 60.9 Å². The fourth-order valence-electron chi connectivity index (χ4n) is 2.29. The Hall–Kier alpha value is -2.26. The average molecular weight is 252 g/mol. The van der Waals surface area contributed by atoms with Gasteiger partial charge >= 0.3 is 0 Å². The zero-order valence-electron chi connectivity index (χ0n) is 10.3. The van der Waals surface area contributed by atoms with Crippen molar-refractivity contribution in [3.05, 3.63) is 77.9 Å². The van der Waals surface area contributed by atoms with Crippen LogP contribution in [0, 0.1) is 5.82 Å². The van der Waals surface area contributed by atoms with E-state index in [9.17, 15) is 4.39 Å². The molecule has 2 nitrogen and oxygen atoms in total. The van der Waals surface area contributed by atoms with Gasteiger partial charge in [-0.15, -0.1) is 0 Å². The second-order valence-corrected chi connectivity index (χ2v) is 4.48. The lowest BCUT2D eigenvalue weighted by Crippen LogP contribution is -2.12. The fraction of sp³-hybridized carbons (Fsp3) is 0.0625. The maximum Gasteiger partial charge on any atom is 0.123 e. The van der Waals surface area contributed by atoms with Gasteiger partial charge in [-0.25, -0.2) is 4.39 Å². The van der Waals surface area contributed by atoms with E-state index in [0.717, 1.165) is 21.9 Å². The number of halogens is 1. The molecule has 1 unspecified atom stereocenters. The van der Waals surface area contributed by atoms with Crippen LogP contribution in [0.5, 0.6) is 0 Å². The van der Waals surface area contributed by atoms with Gasteiger partial charge in [-0.2, -0.15) is 0 Å². The number of fused-ring (bicyclic) bond motifs is 1. The SMILES string of the molecule is NC(c1cccc(F)c1)c1cccc2ccncc12. The highest BCUT2D eigenvalue weighted by molar-refractivity contribution is 5.85.